The molecule has 4 heterocycles. The van der Waals surface area contributed by atoms with Gasteiger partial charge in [0.2, 0.25) is 0 Å². The van der Waals surface area contributed by atoms with Crippen LogP contribution in [-0.2, 0) is 4.74 Å². The average molecular weight is 395 g/mol. The van der Waals surface area contributed by atoms with Gasteiger partial charge in [-0.2, -0.15) is 0 Å². The lowest BCUT2D eigenvalue weighted by atomic mass is 10.1. The Bertz CT molecular complexity index is 1030. The van der Waals surface area contributed by atoms with Crippen molar-refractivity contribution in [2.45, 2.75) is 44.8 Å². The number of imidazole rings is 1. The Morgan fingerprint density at radius 1 is 1.28 bits per heavy atom. The summed E-state index contributed by atoms with van der Waals surface area (Å²) in [4.78, 5) is 20.7. The summed E-state index contributed by atoms with van der Waals surface area (Å²) >= 11 is 0. The number of hydrogen-bond acceptors (Lipinski definition) is 6. The molecule has 29 heavy (non-hydrogen) atoms. The Balaban J connectivity index is 1.33. The first-order chi connectivity index (χ1) is 14.2. The highest BCUT2D eigenvalue weighted by atomic mass is 16.5. The van der Waals surface area contributed by atoms with Gasteiger partial charge in [-0.3, -0.25) is 4.79 Å². The standard InChI is InChI=1S/C20H25N7O2/c1-12-18(25-26-27(12)14-6-8-21-9-7-14)20(28)22-13-4-5-15-16(11-13)24-19(23-15)17-3-2-10-29-17/h4-5,11,14,17,21H,2-3,6-10H2,1H3,(H,22,28)(H,23,24). The number of aromatic amines is 1. The van der Waals surface area contributed by atoms with Crippen molar-refractivity contribution in [2.24, 2.45) is 0 Å². The second kappa shape index (κ2) is 7.57. The van der Waals surface area contributed by atoms with Crippen LogP contribution >= 0.6 is 0 Å². The van der Waals surface area contributed by atoms with Crippen molar-refractivity contribution >= 4 is 22.6 Å². The third-order valence-electron chi connectivity index (χ3n) is 5.79. The zero-order valence-electron chi connectivity index (χ0n) is 16.4. The highest BCUT2D eigenvalue weighted by Gasteiger charge is 2.24. The Kier molecular flexibility index (Phi) is 4.76. The van der Waals surface area contributed by atoms with E-state index in [0.29, 0.717) is 17.4 Å². The van der Waals surface area contributed by atoms with E-state index in [2.05, 4.69) is 30.9 Å². The first kappa shape index (κ1) is 18.3. The van der Waals surface area contributed by atoms with Crippen molar-refractivity contribution in [3.8, 4) is 0 Å². The molecule has 0 spiro atoms. The molecular formula is C20H25N7O2. The van der Waals surface area contributed by atoms with E-state index >= 15 is 0 Å². The third-order valence-corrected chi connectivity index (χ3v) is 5.79. The van der Waals surface area contributed by atoms with E-state index in [1.807, 2.05) is 29.8 Å². The lowest BCUT2D eigenvalue weighted by Gasteiger charge is -2.23. The van der Waals surface area contributed by atoms with Crippen LogP contribution in [0.25, 0.3) is 11.0 Å². The molecule has 2 aliphatic rings. The summed E-state index contributed by atoms with van der Waals surface area (Å²) in [6, 6.07) is 5.94. The number of fused-ring (bicyclic) bond motifs is 1. The maximum Gasteiger partial charge on any atom is 0.278 e. The van der Waals surface area contributed by atoms with Crippen LogP contribution in [0.1, 0.15) is 59.8 Å². The number of carbonyl (C=O) groups is 1. The largest absolute Gasteiger partial charge is 0.370 e. The van der Waals surface area contributed by atoms with E-state index in [0.717, 1.165) is 67.9 Å². The number of nitrogens with zero attached hydrogens (tertiary/aromatic N) is 4. The Morgan fingerprint density at radius 2 is 2.14 bits per heavy atom. The quantitative estimate of drug-likeness (QED) is 0.626. The van der Waals surface area contributed by atoms with Crippen molar-refractivity contribution < 1.29 is 9.53 Å². The van der Waals surface area contributed by atoms with E-state index in [9.17, 15) is 4.79 Å². The van der Waals surface area contributed by atoms with Crippen LogP contribution in [0.5, 0.6) is 0 Å². The fraction of sp³-hybridized carbons (Fsp3) is 0.500. The number of piperidine rings is 1. The molecule has 9 nitrogen and oxygen atoms in total. The second-order valence-corrected chi connectivity index (χ2v) is 7.76. The monoisotopic (exact) mass is 395 g/mol. The van der Waals surface area contributed by atoms with Gasteiger partial charge in [-0.05, 0) is 63.9 Å². The molecule has 152 valence electrons. The predicted molar refractivity (Wildman–Crippen MR) is 108 cm³/mol. The van der Waals surface area contributed by atoms with Crippen molar-refractivity contribution in [3.05, 3.63) is 35.4 Å². The zero-order chi connectivity index (χ0) is 19.8. The SMILES string of the molecule is Cc1c(C(=O)Nc2ccc3nc(C4CCCO4)[nH]c3c2)nnn1C1CCNCC1. The molecule has 5 rings (SSSR count). The van der Waals surface area contributed by atoms with Crippen molar-refractivity contribution in [1.29, 1.82) is 0 Å². The summed E-state index contributed by atoms with van der Waals surface area (Å²) in [7, 11) is 0. The molecule has 3 N–H and O–H groups in total. The maximum absolute atomic E-state index is 12.8. The third kappa shape index (κ3) is 3.51. The number of amides is 1. The summed E-state index contributed by atoms with van der Waals surface area (Å²) in [6.07, 6.45) is 4.06. The van der Waals surface area contributed by atoms with Gasteiger partial charge >= 0.3 is 0 Å². The van der Waals surface area contributed by atoms with E-state index in [1.165, 1.54) is 0 Å². The minimum absolute atomic E-state index is 0.0353. The number of hydrogen-bond donors (Lipinski definition) is 3. The fourth-order valence-electron chi connectivity index (χ4n) is 4.19. The van der Waals surface area contributed by atoms with Gasteiger partial charge in [0, 0.05) is 12.3 Å². The van der Waals surface area contributed by atoms with E-state index < -0.39 is 0 Å². The summed E-state index contributed by atoms with van der Waals surface area (Å²) in [6.45, 7) is 4.61. The number of H-pyrrole nitrogens is 1. The van der Waals surface area contributed by atoms with Crippen LogP contribution in [-0.4, -0.2) is 50.6 Å². The zero-order valence-corrected chi connectivity index (χ0v) is 16.4. The van der Waals surface area contributed by atoms with E-state index in [1.54, 1.807) is 0 Å². The molecule has 3 aromatic rings. The number of aromatic nitrogens is 5. The molecule has 1 amide bonds. The van der Waals surface area contributed by atoms with Crippen LogP contribution < -0.4 is 10.6 Å². The normalized spacial score (nSPS) is 20.4. The summed E-state index contributed by atoms with van der Waals surface area (Å²) in [5.74, 6) is 0.600. The molecule has 2 aromatic heterocycles. The van der Waals surface area contributed by atoms with Gasteiger partial charge in [-0.25, -0.2) is 9.67 Å². The van der Waals surface area contributed by atoms with Gasteiger partial charge in [0.15, 0.2) is 5.69 Å². The topological polar surface area (TPSA) is 110 Å². The Hall–Kier alpha value is -2.78. The van der Waals surface area contributed by atoms with Crippen LogP contribution in [0.15, 0.2) is 18.2 Å². The van der Waals surface area contributed by atoms with Crippen LogP contribution in [0.3, 0.4) is 0 Å². The molecule has 0 saturated carbocycles. The smallest absolute Gasteiger partial charge is 0.278 e. The molecular weight excluding hydrogens is 370 g/mol. The highest BCUT2D eigenvalue weighted by molar-refractivity contribution is 6.04. The van der Waals surface area contributed by atoms with Crippen molar-refractivity contribution in [1.82, 2.24) is 30.3 Å². The van der Waals surface area contributed by atoms with Gasteiger partial charge in [0.25, 0.3) is 5.91 Å². The first-order valence-corrected chi connectivity index (χ1v) is 10.2. The Labute approximate surface area is 168 Å². The fourth-order valence-corrected chi connectivity index (χ4v) is 4.19. The summed E-state index contributed by atoms with van der Waals surface area (Å²) < 4.78 is 7.59. The minimum atomic E-state index is -0.249. The Morgan fingerprint density at radius 3 is 2.93 bits per heavy atom. The van der Waals surface area contributed by atoms with E-state index in [-0.39, 0.29) is 12.0 Å². The molecule has 2 fully saturated rings. The molecule has 0 aliphatic carbocycles. The molecule has 1 aromatic carbocycles. The molecule has 0 bridgehead atoms. The van der Waals surface area contributed by atoms with Crippen LogP contribution in [0.4, 0.5) is 5.69 Å². The van der Waals surface area contributed by atoms with Gasteiger partial charge < -0.3 is 20.4 Å². The lowest BCUT2D eigenvalue weighted by molar-refractivity contribution is 0.102. The van der Waals surface area contributed by atoms with Gasteiger partial charge in [-0.15, -0.1) is 5.10 Å². The predicted octanol–water partition coefficient (Wildman–Crippen LogP) is 2.49. The van der Waals surface area contributed by atoms with Crippen LogP contribution in [0, 0.1) is 6.92 Å². The number of rotatable bonds is 4. The molecule has 2 aliphatic heterocycles. The minimum Gasteiger partial charge on any atom is -0.370 e. The maximum atomic E-state index is 12.8. The van der Waals surface area contributed by atoms with Crippen LogP contribution in [0.2, 0.25) is 0 Å². The average Bonchev–Trinajstić information content (AvgIpc) is 3.47. The summed E-state index contributed by atoms with van der Waals surface area (Å²) in [5.41, 5.74) is 3.61. The number of carbonyl (C=O) groups excluding carboxylic acids is 1. The molecule has 1 unspecified atom stereocenters. The van der Waals surface area contributed by atoms with Crippen molar-refractivity contribution in [2.75, 3.05) is 25.0 Å². The second-order valence-electron chi connectivity index (χ2n) is 7.76. The number of nitrogens with one attached hydrogen (secondary N) is 3. The van der Waals surface area contributed by atoms with Crippen molar-refractivity contribution in [3.63, 3.8) is 0 Å². The molecule has 2 saturated heterocycles. The number of anilines is 1. The summed E-state index contributed by atoms with van der Waals surface area (Å²) in [5, 5.41) is 14.7. The molecule has 9 heteroatoms. The van der Waals surface area contributed by atoms with E-state index in [4.69, 9.17) is 4.74 Å². The highest BCUT2D eigenvalue weighted by Crippen LogP contribution is 2.29. The molecule has 0 radical (unpaired) electrons. The van der Waals surface area contributed by atoms with Gasteiger partial charge in [-0.1, -0.05) is 5.21 Å². The van der Waals surface area contributed by atoms with Gasteiger partial charge in [0.1, 0.15) is 11.9 Å². The lowest BCUT2D eigenvalue weighted by Crippen LogP contribution is -2.30. The first-order valence-electron chi connectivity index (χ1n) is 10.2. The van der Waals surface area contributed by atoms with Gasteiger partial charge in [0.05, 0.1) is 22.8 Å². The number of ether oxygens (including phenoxy) is 1. The molecule has 1 atom stereocenters. The number of benzene rings is 1.